The smallest absolute Gasteiger partial charge is 0.00821 e. The van der Waals surface area contributed by atoms with E-state index in [0.717, 1.165) is 12.8 Å². The Bertz CT molecular complexity index is 250. The van der Waals surface area contributed by atoms with E-state index in [9.17, 15) is 0 Å². The summed E-state index contributed by atoms with van der Waals surface area (Å²) in [4.78, 5) is 0. The van der Waals surface area contributed by atoms with Gasteiger partial charge in [0.1, 0.15) is 0 Å². The summed E-state index contributed by atoms with van der Waals surface area (Å²) in [7, 11) is 0. The molecule has 4 N–H and O–H groups in total. The van der Waals surface area contributed by atoms with Gasteiger partial charge < -0.3 is 11.5 Å². The van der Waals surface area contributed by atoms with Gasteiger partial charge in [-0.25, -0.2) is 0 Å². The Kier molecular flexibility index (Phi) is 17.7. The highest BCUT2D eigenvalue weighted by Gasteiger charge is 2.15. The van der Waals surface area contributed by atoms with Gasteiger partial charge >= 0.3 is 0 Å². The second kappa shape index (κ2) is 18.0. The summed E-state index contributed by atoms with van der Waals surface area (Å²) in [5.74, 6) is 0.621. The molecule has 0 saturated carbocycles. The molecule has 0 aromatic rings. The topological polar surface area (TPSA) is 52.0 Å². The standard InChI is InChI=1S/C21H44N2/c1-3-5-7-9-10-11-12-13-15-17-20(21(23)18-19-22)16-14-8-6-4-2/h13,15,20-21H,3-12,14,16-19,22-23H2,1-2H3/b15-13-. The third kappa shape index (κ3) is 15.0. The molecule has 2 nitrogen and oxygen atoms in total. The van der Waals surface area contributed by atoms with Crippen molar-refractivity contribution < 1.29 is 0 Å². The van der Waals surface area contributed by atoms with Crippen molar-refractivity contribution in [3.63, 3.8) is 0 Å². The van der Waals surface area contributed by atoms with Crippen LogP contribution in [0.5, 0.6) is 0 Å². The lowest BCUT2D eigenvalue weighted by atomic mass is 9.88. The van der Waals surface area contributed by atoms with E-state index in [1.807, 2.05) is 0 Å². The first-order valence-electron chi connectivity index (χ1n) is 10.4. The third-order valence-electron chi connectivity index (χ3n) is 4.86. The van der Waals surface area contributed by atoms with Gasteiger partial charge in [0.05, 0.1) is 0 Å². The highest BCUT2D eigenvalue weighted by atomic mass is 14.7. The van der Waals surface area contributed by atoms with Crippen LogP contribution in [0.15, 0.2) is 12.2 Å². The molecule has 0 aliphatic heterocycles. The normalized spacial score (nSPS) is 14.4. The van der Waals surface area contributed by atoms with Crippen molar-refractivity contribution in [2.75, 3.05) is 6.54 Å². The Balaban J connectivity index is 3.85. The van der Waals surface area contributed by atoms with Crippen LogP contribution in [0.3, 0.4) is 0 Å². The van der Waals surface area contributed by atoms with E-state index in [1.165, 1.54) is 77.0 Å². The molecule has 0 aliphatic carbocycles. The van der Waals surface area contributed by atoms with Crippen molar-refractivity contribution in [2.45, 2.75) is 110 Å². The first-order valence-corrected chi connectivity index (χ1v) is 10.4. The molecule has 0 bridgehead atoms. The zero-order valence-electron chi connectivity index (χ0n) is 16.1. The predicted molar refractivity (Wildman–Crippen MR) is 106 cm³/mol. The summed E-state index contributed by atoms with van der Waals surface area (Å²) >= 11 is 0. The molecule has 2 atom stereocenters. The van der Waals surface area contributed by atoms with Gasteiger partial charge in [0, 0.05) is 6.04 Å². The minimum absolute atomic E-state index is 0.278. The molecule has 0 saturated heterocycles. The molecule has 23 heavy (non-hydrogen) atoms. The van der Waals surface area contributed by atoms with Crippen molar-refractivity contribution in [3.05, 3.63) is 12.2 Å². The second-order valence-electron chi connectivity index (χ2n) is 7.11. The fourth-order valence-electron chi connectivity index (χ4n) is 3.20. The van der Waals surface area contributed by atoms with Crippen LogP contribution in [0, 0.1) is 5.92 Å². The molecule has 0 radical (unpaired) electrons. The second-order valence-corrected chi connectivity index (χ2v) is 7.11. The molecule has 2 unspecified atom stereocenters. The van der Waals surface area contributed by atoms with Gasteiger partial charge in [-0.3, -0.25) is 0 Å². The van der Waals surface area contributed by atoms with Crippen LogP contribution in [0.2, 0.25) is 0 Å². The highest BCUT2D eigenvalue weighted by Crippen LogP contribution is 2.20. The quantitative estimate of drug-likeness (QED) is 0.257. The molecular formula is C21H44N2. The fourth-order valence-corrected chi connectivity index (χ4v) is 3.20. The van der Waals surface area contributed by atoms with Crippen LogP contribution < -0.4 is 11.5 Å². The van der Waals surface area contributed by atoms with Crippen molar-refractivity contribution in [1.29, 1.82) is 0 Å². The molecule has 0 aromatic heterocycles. The van der Waals surface area contributed by atoms with Crippen LogP contribution in [-0.4, -0.2) is 12.6 Å². The summed E-state index contributed by atoms with van der Waals surface area (Å²) in [6.45, 7) is 5.26. The first kappa shape index (κ1) is 22.7. The number of rotatable bonds is 17. The zero-order chi connectivity index (χ0) is 17.2. The van der Waals surface area contributed by atoms with Crippen LogP contribution >= 0.6 is 0 Å². The van der Waals surface area contributed by atoms with Gasteiger partial charge in [0.15, 0.2) is 0 Å². The lowest BCUT2D eigenvalue weighted by Gasteiger charge is -2.22. The first-order chi connectivity index (χ1) is 11.3. The van der Waals surface area contributed by atoms with Crippen molar-refractivity contribution >= 4 is 0 Å². The maximum absolute atomic E-state index is 6.34. The SMILES string of the molecule is CCCCCCCC/C=C\CC(CCCCCC)C(N)CCN. The number of allylic oxidation sites excluding steroid dienone is 2. The van der Waals surface area contributed by atoms with Gasteiger partial charge in [-0.05, 0) is 44.6 Å². The molecule has 0 spiro atoms. The van der Waals surface area contributed by atoms with Crippen molar-refractivity contribution in [3.8, 4) is 0 Å². The van der Waals surface area contributed by atoms with Crippen LogP contribution in [0.4, 0.5) is 0 Å². The average molecular weight is 325 g/mol. The number of hydrogen-bond donors (Lipinski definition) is 2. The summed E-state index contributed by atoms with van der Waals surface area (Å²) in [6, 6.07) is 0.278. The van der Waals surface area contributed by atoms with E-state index >= 15 is 0 Å². The Morgan fingerprint density at radius 2 is 1.35 bits per heavy atom. The molecule has 138 valence electrons. The summed E-state index contributed by atoms with van der Waals surface area (Å²) in [5.41, 5.74) is 12.0. The van der Waals surface area contributed by atoms with Crippen LogP contribution in [0.1, 0.15) is 104 Å². The molecule has 0 amide bonds. The number of nitrogens with two attached hydrogens (primary N) is 2. The van der Waals surface area contributed by atoms with E-state index in [4.69, 9.17) is 11.5 Å². The van der Waals surface area contributed by atoms with Gasteiger partial charge in [-0.15, -0.1) is 0 Å². The Hall–Kier alpha value is -0.340. The average Bonchev–Trinajstić information content (AvgIpc) is 2.55. The predicted octanol–water partition coefficient (Wildman–Crippen LogP) is 5.95. The van der Waals surface area contributed by atoms with Crippen LogP contribution in [-0.2, 0) is 0 Å². The zero-order valence-corrected chi connectivity index (χ0v) is 16.1. The minimum atomic E-state index is 0.278. The number of unbranched alkanes of at least 4 members (excludes halogenated alkanes) is 9. The van der Waals surface area contributed by atoms with Gasteiger partial charge in [-0.2, -0.15) is 0 Å². The maximum Gasteiger partial charge on any atom is 0.00821 e. The van der Waals surface area contributed by atoms with Gasteiger partial charge in [0.25, 0.3) is 0 Å². The van der Waals surface area contributed by atoms with E-state index in [-0.39, 0.29) is 6.04 Å². The highest BCUT2D eigenvalue weighted by molar-refractivity contribution is 4.87. The monoisotopic (exact) mass is 324 g/mol. The minimum Gasteiger partial charge on any atom is -0.330 e. The Labute approximate surface area is 146 Å². The fraction of sp³-hybridized carbons (Fsp3) is 0.905. The molecule has 0 aliphatic rings. The molecule has 2 heteroatoms. The Morgan fingerprint density at radius 3 is 2.00 bits per heavy atom. The van der Waals surface area contributed by atoms with E-state index in [0.29, 0.717) is 12.5 Å². The summed E-state index contributed by atoms with van der Waals surface area (Å²) in [6.07, 6.45) is 23.0. The van der Waals surface area contributed by atoms with Gasteiger partial charge in [-0.1, -0.05) is 83.8 Å². The molecular weight excluding hydrogens is 280 g/mol. The lowest BCUT2D eigenvalue weighted by molar-refractivity contribution is 0.367. The summed E-state index contributed by atoms with van der Waals surface area (Å²) in [5, 5.41) is 0. The number of hydrogen-bond acceptors (Lipinski definition) is 2. The van der Waals surface area contributed by atoms with E-state index in [1.54, 1.807) is 0 Å². The third-order valence-corrected chi connectivity index (χ3v) is 4.86. The molecule has 0 rings (SSSR count). The largest absolute Gasteiger partial charge is 0.330 e. The molecule has 0 fully saturated rings. The van der Waals surface area contributed by atoms with Crippen molar-refractivity contribution in [2.24, 2.45) is 17.4 Å². The molecule has 0 heterocycles. The molecule has 0 aromatic carbocycles. The lowest BCUT2D eigenvalue weighted by Crippen LogP contribution is -2.32. The van der Waals surface area contributed by atoms with Gasteiger partial charge in [0.2, 0.25) is 0 Å². The summed E-state index contributed by atoms with van der Waals surface area (Å²) < 4.78 is 0. The van der Waals surface area contributed by atoms with Crippen LogP contribution in [0.25, 0.3) is 0 Å². The van der Waals surface area contributed by atoms with Crippen molar-refractivity contribution in [1.82, 2.24) is 0 Å². The van der Waals surface area contributed by atoms with E-state index < -0.39 is 0 Å². The van der Waals surface area contributed by atoms with E-state index in [2.05, 4.69) is 26.0 Å². The Morgan fingerprint density at radius 1 is 0.739 bits per heavy atom. The maximum atomic E-state index is 6.34.